The van der Waals surface area contributed by atoms with E-state index in [2.05, 4.69) is 25.7 Å². The Balaban J connectivity index is 1.68. The maximum absolute atomic E-state index is 11.9. The third kappa shape index (κ3) is 2.91. The van der Waals surface area contributed by atoms with Gasteiger partial charge in [0.15, 0.2) is 5.65 Å². The van der Waals surface area contributed by atoms with E-state index in [4.69, 9.17) is 11.6 Å². The Labute approximate surface area is 147 Å². The molecule has 0 radical (unpaired) electrons. The van der Waals surface area contributed by atoms with Crippen LogP contribution in [0.25, 0.3) is 16.7 Å². The van der Waals surface area contributed by atoms with Crippen LogP contribution >= 0.6 is 11.6 Å². The highest BCUT2D eigenvalue weighted by Crippen LogP contribution is 2.23. The number of nitrogens with one attached hydrogen (secondary N) is 2. The van der Waals surface area contributed by atoms with E-state index in [1.807, 2.05) is 12.1 Å². The van der Waals surface area contributed by atoms with Crippen LogP contribution in [-0.2, 0) is 9.59 Å². The number of benzene rings is 1. The zero-order chi connectivity index (χ0) is 17.4. The number of piperidine rings is 1. The number of halogens is 1. The number of imide groups is 1. The Morgan fingerprint density at radius 3 is 2.76 bits per heavy atom. The molecule has 1 aliphatic heterocycles. The minimum Gasteiger partial charge on any atom is -0.358 e. The van der Waals surface area contributed by atoms with E-state index in [0.29, 0.717) is 34.7 Å². The van der Waals surface area contributed by atoms with Crippen LogP contribution in [0.5, 0.6) is 0 Å². The van der Waals surface area contributed by atoms with E-state index in [-0.39, 0.29) is 11.8 Å². The van der Waals surface area contributed by atoms with Crippen molar-refractivity contribution in [3.8, 4) is 5.69 Å². The quantitative estimate of drug-likeness (QED) is 0.692. The second-order valence-corrected chi connectivity index (χ2v) is 6.08. The van der Waals surface area contributed by atoms with Gasteiger partial charge < -0.3 is 5.32 Å². The van der Waals surface area contributed by atoms with Gasteiger partial charge in [-0.3, -0.25) is 14.9 Å². The summed E-state index contributed by atoms with van der Waals surface area (Å²) in [5, 5.41) is 11.1. The SMILES string of the molecule is O=C1CCC(Nc2ncnc3c2cnn3-c2ccc(Cl)cc2)C(=O)N1. The van der Waals surface area contributed by atoms with Gasteiger partial charge in [0.1, 0.15) is 18.2 Å². The molecule has 2 N–H and O–H groups in total. The first-order chi connectivity index (χ1) is 12.1. The molecule has 3 heterocycles. The third-order valence-electron chi connectivity index (χ3n) is 3.99. The number of rotatable bonds is 3. The molecular formula is C16H13ClN6O2. The highest BCUT2D eigenvalue weighted by molar-refractivity contribution is 6.30. The second kappa shape index (κ2) is 6.14. The Hall–Kier alpha value is -3.00. The van der Waals surface area contributed by atoms with Gasteiger partial charge in [-0.15, -0.1) is 0 Å². The van der Waals surface area contributed by atoms with Crippen molar-refractivity contribution >= 4 is 40.3 Å². The molecule has 3 aromatic rings. The number of carbonyl (C=O) groups excluding carboxylic acids is 2. The van der Waals surface area contributed by atoms with E-state index >= 15 is 0 Å². The van der Waals surface area contributed by atoms with Gasteiger partial charge in [0.25, 0.3) is 0 Å². The number of hydrogen-bond donors (Lipinski definition) is 2. The summed E-state index contributed by atoms with van der Waals surface area (Å²) < 4.78 is 1.67. The van der Waals surface area contributed by atoms with Crippen molar-refractivity contribution in [3.63, 3.8) is 0 Å². The van der Waals surface area contributed by atoms with Crippen molar-refractivity contribution in [3.05, 3.63) is 41.8 Å². The van der Waals surface area contributed by atoms with Crippen LogP contribution in [0.2, 0.25) is 5.02 Å². The number of nitrogens with zero attached hydrogens (tertiary/aromatic N) is 4. The summed E-state index contributed by atoms with van der Waals surface area (Å²) in [4.78, 5) is 31.7. The molecule has 1 saturated heterocycles. The zero-order valence-corrected chi connectivity index (χ0v) is 13.7. The average Bonchev–Trinajstić information content (AvgIpc) is 3.03. The molecule has 0 spiro atoms. The minimum atomic E-state index is -0.519. The molecule has 4 rings (SSSR count). The summed E-state index contributed by atoms with van der Waals surface area (Å²) in [6, 6.07) is 6.70. The molecule has 9 heteroatoms. The van der Waals surface area contributed by atoms with Gasteiger partial charge in [-0.25, -0.2) is 14.6 Å². The first kappa shape index (κ1) is 15.5. The van der Waals surface area contributed by atoms with Crippen LogP contribution in [-0.4, -0.2) is 37.6 Å². The van der Waals surface area contributed by atoms with Crippen molar-refractivity contribution in [2.24, 2.45) is 0 Å². The lowest BCUT2D eigenvalue weighted by molar-refractivity contribution is -0.133. The summed E-state index contributed by atoms with van der Waals surface area (Å²) in [7, 11) is 0. The first-order valence-corrected chi connectivity index (χ1v) is 8.04. The van der Waals surface area contributed by atoms with Crippen LogP contribution in [0.3, 0.4) is 0 Å². The number of aromatic nitrogens is 4. The predicted molar refractivity (Wildman–Crippen MR) is 91.5 cm³/mol. The Morgan fingerprint density at radius 1 is 1.20 bits per heavy atom. The highest BCUT2D eigenvalue weighted by atomic mass is 35.5. The normalized spacial score (nSPS) is 17.6. The van der Waals surface area contributed by atoms with E-state index < -0.39 is 6.04 Å². The highest BCUT2D eigenvalue weighted by Gasteiger charge is 2.27. The Bertz CT molecular complexity index is 968. The molecule has 0 saturated carbocycles. The van der Waals surface area contributed by atoms with Gasteiger partial charge in [-0.2, -0.15) is 5.10 Å². The topological polar surface area (TPSA) is 102 Å². The molecule has 2 amide bonds. The van der Waals surface area contributed by atoms with E-state index in [1.165, 1.54) is 6.33 Å². The lowest BCUT2D eigenvalue weighted by Crippen LogP contribution is -2.47. The van der Waals surface area contributed by atoms with Gasteiger partial charge >= 0.3 is 0 Å². The molecule has 2 aromatic heterocycles. The smallest absolute Gasteiger partial charge is 0.249 e. The Morgan fingerprint density at radius 2 is 2.00 bits per heavy atom. The van der Waals surface area contributed by atoms with Crippen molar-refractivity contribution < 1.29 is 9.59 Å². The lowest BCUT2D eigenvalue weighted by atomic mass is 10.1. The monoisotopic (exact) mass is 356 g/mol. The molecule has 1 aliphatic rings. The molecule has 1 fully saturated rings. The van der Waals surface area contributed by atoms with Crippen LogP contribution in [0.1, 0.15) is 12.8 Å². The number of carbonyl (C=O) groups is 2. The maximum Gasteiger partial charge on any atom is 0.249 e. The van der Waals surface area contributed by atoms with Crippen LogP contribution < -0.4 is 10.6 Å². The third-order valence-corrected chi connectivity index (χ3v) is 4.24. The molecule has 1 aromatic carbocycles. The summed E-state index contributed by atoms with van der Waals surface area (Å²) in [6.07, 6.45) is 3.76. The zero-order valence-electron chi connectivity index (χ0n) is 12.9. The van der Waals surface area contributed by atoms with Crippen molar-refractivity contribution in [2.75, 3.05) is 5.32 Å². The van der Waals surface area contributed by atoms with Gasteiger partial charge in [-0.1, -0.05) is 11.6 Å². The van der Waals surface area contributed by atoms with Gasteiger partial charge in [0.05, 0.1) is 17.3 Å². The van der Waals surface area contributed by atoms with Crippen LogP contribution in [0.4, 0.5) is 5.82 Å². The summed E-state index contributed by atoms with van der Waals surface area (Å²) >= 11 is 5.92. The molecule has 25 heavy (non-hydrogen) atoms. The average molecular weight is 357 g/mol. The molecule has 0 aliphatic carbocycles. The first-order valence-electron chi connectivity index (χ1n) is 7.67. The number of anilines is 1. The largest absolute Gasteiger partial charge is 0.358 e. The molecule has 0 bridgehead atoms. The number of fused-ring (bicyclic) bond motifs is 1. The molecule has 8 nitrogen and oxygen atoms in total. The minimum absolute atomic E-state index is 0.258. The standard InChI is InChI=1S/C16H13ClN6O2/c17-9-1-3-10(4-2-9)23-15-11(7-20-23)14(18-8-19-15)21-12-5-6-13(24)22-16(12)25/h1-4,7-8,12H,5-6H2,(H,18,19,21)(H,22,24,25). The number of hydrogen-bond acceptors (Lipinski definition) is 6. The van der Waals surface area contributed by atoms with Crippen molar-refractivity contribution in [1.82, 2.24) is 25.1 Å². The van der Waals surface area contributed by atoms with Gasteiger partial charge in [0, 0.05) is 11.4 Å². The van der Waals surface area contributed by atoms with Gasteiger partial charge in [-0.05, 0) is 30.7 Å². The summed E-state index contributed by atoms with van der Waals surface area (Å²) in [5.41, 5.74) is 1.41. The van der Waals surface area contributed by atoms with E-state index in [9.17, 15) is 9.59 Å². The van der Waals surface area contributed by atoms with Crippen LogP contribution in [0.15, 0.2) is 36.8 Å². The van der Waals surface area contributed by atoms with Crippen molar-refractivity contribution in [2.45, 2.75) is 18.9 Å². The Kier molecular flexibility index (Phi) is 3.81. The van der Waals surface area contributed by atoms with Gasteiger partial charge in [0.2, 0.25) is 11.8 Å². The summed E-state index contributed by atoms with van der Waals surface area (Å²) in [5.74, 6) is -0.112. The maximum atomic E-state index is 11.9. The predicted octanol–water partition coefficient (Wildman–Crippen LogP) is 1.69. The molecule has 1 atom stereocenters. The molecule has 1 unspecified atom stereocenters. The summed E-state index contributed by atoms with van der Waals surface area (Å²) in [6.45, 7) is 0. The second-order valence-electron chi connectivity index (χ2n) is 5.64. The van der Waals surface area contributed by atoms with Crippen molar-refractivity contribution in [1.29, 1.82) is 0 Å². The lowest BCUT2D eigenvalue weighted by Gasteiger charge is -2.22. The van der Waals surface area contributed by atoms with E-state index in [0.717, 1.165) is 5.69 Å². The molecule has 126 valence electrons. The van der Waals surface area contributed by atoms with Crippen LogP contribution in [0, 0.1) is 0 Å². The van der Waals surface area contributed by atoms with E-state index in [1.54, 1.807) is 23.0 Å². The fourth-order valence-corrected chi connectivity index (χ4v) is 2.85. The fraction of sp³-hybridized carbons (Fsp3) is 0.188. The fourth-order valence-electron chi connectivity index (χ4n) is 2.73. The number of amides is 2. The molecular weight excluding hydrogens is 344 g/mol.